The van der Waals surface area contributed by atoms with E-state index in [9.17, 15) is 4.79 Å². The first-order valence-electron chi connectivity index (χ1n) is 6.19. The Kier molecular flexibility index (Phi) is 5.47. The van der Waals surface area contributed by atoms with Crippen molar-refractivity contribution in [3.05, 3.63) is 24.3 Å². The molecule has 0 aliphatic heterocycles. The molecular formula is C14H22O2. The zero-order valence-corrected chi connectivity index (χ0v) is 10.4. The number of hydrogen-bond acceptors (Lipinski definition) is 2. The average Bonchev–Trinajstić information content (AvgIpc) is 2.35. The minimum absolute atomic E-state index is 0.179. The second-order valence-corrected chi connectivity index (χ2v) is 4.27. The van der Waals surface area contributed by atoms with Gasteiger partial charge in [0.05, 0.1) is 0 Å². The van der Waals surface area contributed by atoms with Gasteiger partial charge in [0.15, 0.2) is 11.4 Å². The van der Waals surface area contributed by atoms with Crippen molar-refractivity contribution >= 4 is 5.78 Å². The second-order valence-electron chi connectivity index (χ2n) is 4.27. The topological polar surface area (TPSA) is 26.3 Å². The fraction of sp³-hybridized carbons (Fsp3) is 0.643. The first kappa shape index (κ1) is 13.2. The standard InChI is InChI=1S/C14H22O2/c1-3-4-5-7-10-13(15)14(16-2)11-8-6-9-12-14/h8-9,11-12H,3-7,10H2,1-2H3. The first-order chi connectivity index (χ1) is 7.75. The van der Waals surface area contributed by atoms with Crippen LogP contribution in [0.15, 0.2) is 24.3 Å². The molecule has 0 radical (unpaired) electrons. The lowest BCUT2D eigenvalue weighted by Gasteiger charge is -2.26. The largest absolute Gasteiger partial charge is 0.362 e. The summed E-state index contributed by atoms with van der Waals surface area (Å²) in [6.07, 6.45) is 13.8. The normalized spacial score (nSPS) is 17.6. The van der Waals surface area contributed by atoms with Crippen molar-refractivity contribution in [1.29, 1.82) is 0 Å². The lowest BCUT2D eigenvalue weighted by Crippen LogP contribution is -2.37. The molecule has 0 N–H and O–H groups in total. The molecule has 0 spiro atoms. The molecule has 90 valence electrons. The maximum atomic E-state index is 12.1. The number of allylic oxidation sites excluding steroid dienone is 2. The summed E-state index contributed by atoms with van der Waals surface area (Å²) in [5.74, 6) is 0.179. The summed E-state index contributed by atoms with van der Waals surface area (Å²) in [4.78, 5) is 12.1. The minimum Gasteiger partial charge on any atom is -0.362 e. The van der Waals surface area contributed by atoms with Crippen LogP contribution < -0.4 is 0 Å². The number of ether oxygens (including phenoxy) is 1. The number of unbranched alkanes of at least 4 members (excludes halogenated alkanes) is 3. The molecule has 0 amide bonds. The zero-order chi connectivity index (χ0) is 11.9. The Morgan fingerprint density at radius 3 is 2.50 bits per heavy atom. The molecule has 0 saturated carbocycles. The van der Waals surface area contributed by atoms with Gasteiger partial charge in [0, 0.05) is 13.5 Å². The second kappa shape index (κ2) is 6.64. The van der Waals surface area contributed by atoms with E-state index in [1.54, 1.807) is 7.11 Å². The van der Waals surface area contributed by atoms with Crippen LogP contribution in [0.1, 0.15) is 45.4 Å². The molecule has 2 nitrogen and oxygen atoms in total. The third-order valence-electron chi connectivity index (χ3n) is 3.03. The van der Waals surface area contributed by atoms with Crippen molar-refractivity contribution in [3.63, 3.8) is 0 Å². The van der Waals surface area contributed by atoms with Crippen molar-refractivity contribution in [1.82, 2.24) is 0 Å². The van der Waals surface area contributed by atoms with Crippen LogP contribution in [-0.2, 0) is 9.53 Å². The molecule has 1 aliphatic rings. The Morgan fingerprint density at radius 2 is 1.94 bits per heavy atom. The molecule has 0 aromatic carbocycles. The highest BCUT2D eigenvalue weighted by atomic mass is 16.5. The quantitative estimate of drug-likeness (QED) is 0.487. The molecule has 0 saturated heterocycles. The van der Waals surface area contributed by atoms with Gasteiger partial charge < -0.3 is 4.74 Å². The Labute approximate surface area is 98.4 Å². The van der Waals surface area contributed by atoms with Crippen molar-refractivity contribution < 1.29 is 9.53 Å². The highest BCUT2D eigenvalue weighted by Gasteiger charge is 2.32. The third-order valence-corrected chi connectivity index (χ3v) is 3.03. The van der Waals surface area contributed by atoms with Gasteiger partial charge in [-0.25, -0.2) is 0 Å². The van der Waals surface area contributed by atoms with Crippen LogP contribution >= 0.6 is 0 Å². The number of rotatable bonds is 7. The highest BCUT2D eigenvalue weighted by Crippen LogP contribution is 2.23. The summed E-state index contributed by atoms with van der Waals surface area (Å²) >= 11 is 0. The minimum atomic E-state index is -0.773. The van der Waals surface area contributed by atoms with Gasteiger partial charge in [0.2, 0.25) is 0 Å². The van der Waals surface area contributed by atoms with Crippen LogP contribution in [0, 0.1) is 0 Å². The number of ketones is 1. The maximum Gasteiger partial charge on any atom is 0.172 e. The van der Waals surface area contributed by atoms with Gasteiger partial charge in [0.25, 0.3) is 0 Å². The first-order valence-corrected chi connectivity index (χ1v) is 6.19. The summed E-state index contributed by atoms with van der Waals surface area (Å²) in [6, 6.07) is 0. The van der Waals surface area contributed by atoms with Gasteiger partial charge in [-0.2, -0.15) is 0 Å². The molecule has 16 heavy (non-hydrogen) atoms. The van der Waals surface area contributed by atoms with Gasteiger partial charge in [0.1, 0.15) is 0 Å². The van der Waals surface area contributed by atoms with E-state index in [2.05, 4.69) is 6.92 Å². The molecule has 0 bridgehead atoms. The summed E-state index contributed by atoms with van der Waals surface area (Å²) < 4.78 is 5.37. The number of methoxy groups -OCH3 is 1. The van der Waals surface area contributed by atoms with Gasteiger partial charge in [-0.15, -0.1) is 0 Å². The number of Topliss-reactive ketones (excluding diaryl/α,β-unsaturated/α-hetero) is 1. The van der Waals surface area contributed by atoms with E-state index in [4.69, 9.17) is 4.74 Å². The molecule has 0 atom stereocenters. The van der Waals surface area contributed by atoms with Crippen molar-refractivity contribution in [3.8, 4) is 0 Å². The third kappa shape index (κ3) is 3.31. The number of hydrogen-bond donors (Lipinski definition) is 0. The Morgan fingerprint density at radius 1 is 1.25 bits per heavy atom. The highest BCUT2D eigenvalue weighted by molar-refractivity contribution is 5.91. The fourth-order valence-electron chi connectivity index (χ4n) is 1.96. The molecule has 0 unspecified atom stereocenters. The summed E-state index contributed by atoms with van der Waals surface area (Å²) in [5, 5.41) is 0. The molecule has 0 aromatic heterocycles. The van der Waals surface area contributed by atoms with E-state index < -0.39 is 5.60 Å². The smallest absolute Gasteiger partial charge is 0.172 e. The monoisotopic (exact) mass is 222 g/mol. The molecule has 1 rings (SSSR count). The maximum absolute atomic E-state index is 12.1. The lowest BCUT2D eigenvalue weighted by atomic mass is 9.90. The van der Waals surface area contributed by atoms with E-state index in [0.717, 1.165) is 19.3 Å². The van der Waals surface area contributed by atoms with Crippen molar-refractivity contribution in [2.75, 3.05) is 7.11 Å². The summed E-state index contributed by atoms with van der Waals surface area (Å²) in [6.45, 7) is 2.17. The van der Waals surface area contributed by atoms with Crippen LogP contribution in [-0.4, -0.2) is 18.5 Å². The summed E-state index contributed by atoms with van der Waals surface area (Å²) in [5.41, 5.74) is -0.773. The van der Waals surface area contributed by atoms with Gasteiger partial charge in [-0.1, -0.05) is 38.3 Å². The Balaban J connectivity index is 2.46. The number of carbonyl (C=O) groups excluding carboxylic acids is 1. The van der Waals surface area contributed by atoms with Crippen molar-refractivity contribution in [2.45, 2.75) is 51.0 Å². The van der Waals surface area contributed by atoms with Crippen LogP contribution in [0.4, 0.5) is 0 Å². The van der Waals surface area contributed by atoms with E-state index in [0.29, 0.717) is 6.42 Å². The molecule has 0 aromatic rings. The molecule has 2 heteroatoms. The molecule has 0 heterocycles. The predicted molar refractivity (Wildman–Crippen MR) is 66.4 cm³/mol. The zero-order valence-electron chi connectivity index (χ0n) is 10.4. The predicted octanol–water partition coefficient (Wildman–Crippen LogP) is 3.43. The lowest BCUT2D eigenvalue weighted by molar-refractivity contribution is -0.131. The molecular weight excluding hydrogens is 200 g/mol. The van der Waals surface area contributed by atoms with Crippen LogP contribution in [0.5, 0.6) is 0 Å². The fourth-order valence-corrected chi connectivity index (χ4v) is 1.96. The summed E-state index contributed by atoms with van der Waals surface area (Å²) in [7, 11) is 1.60. The van der Waals surface area contributed by atoms with E-state index >= 15 is 0 Å². The Bertz CT molecular complexity index is 264. The van der Waals surface area contributed by atoms with Gasteiger partial charge >= 0.3 is 0 Å². The van der Waals surface area contributed by atoms with E-state index in [1.807, 2.05) is 24.3 Å². The number of carbonyl (C=O) groups is 1. The molecule has 1 aliphatic carbocycles. The average molecular weight is 222 g/mol. The van der Waals surface area contributed by atoms with Crippen molar-refractivity contribution in [2.24, 2.45) is 0 Å². The van der Waals surface area contributed by atoms with Crippen LogP contribution in [0.2, 0.25) is 0 Å². The van der Waals surface area contributed by atoms with E-state index in [-0.39, 0.29) is 5.78 Å². The van der Waals surface area contributed by atoms with Gasteiger partial charge in [-0.3, -0.25) is 4.79 Å². The molecule has 0 fully saturated rings. The van der Waals surface area contributed by atoms with Crippen LogP contribution in [0.3, 0.4) is 0 Å². The van der Waals surface area contributed by atoms with Crippen LogP contribution in [0.25, 0.3) is 0 Å². The Hall–Kier alpha value is -0.890. The van der Waals surface area contributed by atoms with Gasteiger partial charge in [-0.05, 0) is 25.0 Å². The SMILES string of the molecule is CCCCCCC(=O)C1(OC)C=CCC=C1. The van der Waals surface area contributed by atoms with E-state index in [1.165, 1.54) is 12.8 Å².